The molecule has 0 spiro atoms. The molecule has 0 radical (unpaired) electrons. The largest absolute Gasteiger partial charge is 0.289 e. The Bertz CT molecular complexity index is 278. The Morgan fingerprint density at radius 1 is 1.38 bits per heavy atom. The molecular formula is C6H9Cl3N4. The van der Waals surface area contributed by atoms with Gasteiger partial charge in [-0.2, -0.15) is 4.68 Å². The summed E-state index contributed by atoms with van der Waals surface area (Å²) >= 11 is 16.9. The number of nitrogens with zero attached hydrogens (tertiary/aromatic N) is 4. The lowest BCUT2D eigenvalue weighted by molar-refractivity contribution is 0.553. The molecule has 0 fully saturated rings. The van der Waals surface area contributed by atoms with Crippen molar-refractivity contribution >= 4 is 34.8 Å². The third kappa shape index (κ3) is 2.97. The van der Waals surface area contributed by atoms with Gasteiger partial charge in [-0.25, -0.2) is 0 Å². The highest BCUT2D eigenvalue weighted by Crippen LogP contribution is 2.32. The van der Waals surface area contributed by atoms with E-state index in [1.807, 2.05) is 13.8 Å². The molecule has 0 bridgehead atoms. The van der Waals surface area contributed by atoms with Gasteiger partial charge in [-0.3, -0.25) is 0 Å². The maximum absolute atomic E-state index is 5.64. The monoisotopic (exact) mass is 242 g/mol. The smallest absolute Gasteiger partial charge is 0.180 e. The number of hydrogen-bond donors (Lipinski definition) is 0. The van der Waals surface area contributed by atoms with Crippen LogP contribution in [-0.4, -0.2) is 20.2 Å². The molecule has 0 unspecified atom stereocenters. The van der Waals surface area contributed by atoms with Crippen molar-refractivity contribution in [3.05, 3.63) is 5.82 Å². The summed E-state index contributed by atoms with van der Waals surface area (Å²) in [6, 6.07) is 0. The lowest BCUT2D eigenvalue weighted by atomic mass is 10.1. The number of halogens is 3. The number of alkyl halides is 3. The van der Waals surface area contributed by atoms with Crippen LogP contribution in [0.1, 0.15) is 19.7 Å². The lowest BCUT2D eigenvalue weighted by Gasteiger charge is -2.12. The van der Waals surface area contributed by atoms with Gasteiger partial charge in [0.2, 0.25) is 0 Å². The van der Waals surface area contributed by atoms with Crippen molar-refractivity contribution < 1.29 is 0 Å². The average molecular weight is 244 g/mol. The first kappa shape index (κ1) is 11.0. The second-order valence-corrected chi connectivity index (χ2v) is 5.29. The molecule has 74 valence electrons. The van der Waals surface area contributed by atoms with E-state index in [0.717, 1.165) is 0 Å². The molecule has 1 aromatic heterocycles. The van der Waals surface area contributed by atoms with Crippen molar-refractivity contribution in [3.8, 4) is 0 Å². The summed E-state index contributed by atoms with van der Waals surface area (Å²) in [6.07, 6.45) is 0.681. The zero-order valence-corrected chi connectivity index (χ0v) is 9.47. The highest BCUT2D eigenvalue weighted by molar-refractivity contribution is 6.64. The standard InChI is InChI=1S/C6H9Cl3N4/c1-4(2)3-5-10-11-12-13(5)6(7,8)9/h4H,3H2,1-2H3. The third-order valence-electron chi connectivity index (χ3n) is 1.37. The highest BCUT2D eigenvalue weighted by atomic mass is 35.6. The van der Waals surface area contributed by atoms with Crippen molar-refractivity contribution in [2.45, 2.75) is 24.2 Å². The maximum atomic E-state index is 5.64. The molecule has 1 rings (SSSR count). The maximum Gasteiger partial charge on any atom is 0.289 e. The topological polar surface area (TPSA) is 43.6 Å². The van der Waals surface area contributed by atoms with Crippen molar-refractivity contribution in [3.63, 3.8) is 0 Å². The van der Waals surface area contributed by atoms with Crippen LogP contribution in [0.3, 0.4) is 0 Å². The van der Waals surface area contributed by atoms with Crippen LogP contribution in [0, 0.1) is 5.92 Å². The zero-order chi connectivity index (χ0) is 10.1. The van der Waals surface area contributed by atoms with E-state index in [1.54, 1.807) is 0 Å². The number of tetrazole rings is 1. The molecule has 7 heteroatoms. The molecule has 4 nitrogen and oxygen atoms in total. The third-order valence-corrected chi connectivity index (χ3v) is 1.85. The van der Waals surface area contributed by atoms with E-state index in [1.165, 1.54) is 4.68 Å². The Morgan fingerprint density at radius 3 is 2.46 bits per heavy atom. The number of hydrogen-bond acceptors (Lipinski definition) is 3. The minimum atomic E-state index is -1.60. The van der Waals surface area contributed by atoms with Crippen LogP contribution in [0.15, 0.2) is 0 Å². The lowest BCUT2D eigenvalue weighted by Crippen LogP contribution is -2.19. The van der Waals surface area contributed by atoms with E-state index in [0.29, 0.717) is 18.2 Å². The van der Waals surface area contributed by atoms with Gasteiger partial charge in [0.1, 0.15) is 0 Å². The van der Waals surface area contributed by atoms with Crippen LogP contribution in [0.5, 0.6) is 0 Å². The summed E-state index contributed by atoms with van der Waals surface area (Å²) in [5, 5.41) is 10.8. The molecule has 1 heterocycles. The fraction of sp³-hybridized carbons (Fsp3) is 0.833. The van der Waals surface area contributed by atoms with Gasteiger partial charge < -0.3 is 0 Å². The molecule has 0 saturated heterocycles. The molecule has 13 heavy (non-hydrogen) atoms. The fourth-order valence-electron chi connectivity index (χ4n) is 0.895. The number of rotatable bonds is 2. The van der Waals surface area contributed by atoms with Gasteiger partial charge in [-0.15, -0.1) is 5.10 Å². The van der Waals surface area contributed by atoms with Crippen molar-refractivity contribution in [2.75, 3.05) is 0 Å². The van der Waals surface area contributed by atoms with E-state index >= 15 is 0 Å². The van der Waals surface area contributed by atoms with Crippen molar-refractivity contribution in [1.29, 1.82) is 0 Å². The van der Waals surface area contributed by atoms with Gasteiger partial charge in [0.15, 0.2) is 5.82 Å². The Labute approximate surface area is 91.1 Å². The van der Waals surface area contributed by atoms with Crippen LogP contribution in [0.2, 0.25) is 0 Å². The minimum absolute atomic E-state index is 0.414. The fourth-order valence-corrected chi connectivity index (χ4v) is 1.29. The quantitative estimate of drug-likeness (QED) is 0.748. The normalized spacial score (nSPS) is 12.5. The molecule has 0 aliphatic carbocycles. The molecule has 0 N–H and O–H groups in total. The second-order valence-electron chi connectivity index (χ2n) is 3.07. The highest BCUT2D eigenvalue weighted by Gasteiger charge is 2.27. The van der Waals surface area contributed by atoms with Gasteiger partial charge >= 0.3 is 0 Å². The summed E-state index contributed by atoms with van der Waals surface area (Å²) < 4.78 is -0.411. The van der Waals surface area contributed by atoms with E-state index in [4.69, 9.17) is 34.8 Å². The van der Waals surface area contributed by atoms with E-state index in [-0.39, 0.29) is 0 Å². The molecule has 0 amide bonds. The molecule has 0 aliphatic rings. The van der Waals surface area contributed by atoms with E-state index in [2.05, 4.69) is 15.5 Å². The van der Waals surface area contributed by atoms with Crippen LogP contribution < -0.4 is 0 Å². The van der Waals surface area contributed by atoms with E-state index in [9.17, 15) is 0 Å². The molecule has 0 aliphatic heterocycles. The number of aromatic nitrogens is 4. The van der Waals surface area contributed by atoms with Crippen molar-refractivity contribution in [2.24, 2.45) is 5.92 Å². The summed E-state index contributed by atoms with van der Waals surface area (Å²) in [4.78, 5) is 0. The predicted octanol–water partition coefficient (Wildman–Crippen LogP) is 2.16. The minimum Gasteiger partial charge on any atom is -0.180 e. The zero-order valence-electron chi connectivity index (χ0n) is 7.21. The Kier molecular flexibility index (Phi) is 3.38. The van der Waals surface area contributed by atoms with Crippen LogP contribution in [0.25, 0.3) is 0 Å². The van der Waals surface area contributed by atoms with Gasteiger partial charge in [0.25, 0.3) is 3.92 Å². The van der Waals surface area contributed by atoms with Crippen LogP contribution in [-0.2, 0) is 10.3 Å². The van der Waals surface area contributed by atoms with Crippen LogP contribution in [0.4, 0.5) is 0 Å². The summed E-state index contributed by atoms with van der Waals surface area (Å²) in [5.41, 5.74) is 0. The first-order valence-electron chi connectivity index (χ1n) is 3.75. The molecule has 0 aromatic carbocycles. The molecule has 1 aromatic rings. The molecule has 0 atom stereocenters. The van der Waals surface area contributed by atoms with Gasteiger partial charge in [-0.05, 0) is 16.3 Å². The first-order chi connectivity index (χ1) is 5.91. The summed E-state index contributed by atoms with van der Waals surface area (Å²) in [6.45, 7) is 4.08. The molecule has 0 saturated carbocycles. The van der Waals surface area contributed by atoms with Gasteiger partial charge in [-0.1, -0.05) is 48.7 Å². The Hall–Kier alpha value is -0.0600. The van der Waals surface area contributed by atoms with E-state index < -0.39 is 3.92 Å². The van der Waals surface area contributed by atoms with Gasteiger partial charge in [0.05, 0.1) is 0 Å². The Morgan fingerprint density at radius 2 is 2.00 bits per heavy atom. The summed E-state index contributed by atoms with van der Waals surface area (Å²) in [5.74, 6) is 0.993. The summed E-state index contributed by atoms with van der Waals surface area (Å²) in [7, 11) is 0. The predicted molar refractivity (Wildman–Crippen MR) is 51.9 cm³/mol. The second kappa shape index (κ2) is 3.98. The van der Waals surface area contributed by atoms with Gasteiger partial charge in [0, 0.05) is 6.42 Å². The van der Waals surface area contributed by atoms with Crippen molar-refractivity contribution in [1.82, 2.24) is 20.2 Å². The SMILES string of the molecule is CC(C)Cc1nnnn1C(Cl)(Cl)Cl. The Balaban J connectivity index is 2.90. The molecular weight excluding hydrogens is 234 g/mol. The van der Waals surface area contributed by atoms with Crippen LogP contribution >= 0.6 is 34.8 Å². The first-order valence-corrected chi connectivity index (χ1v) is 4.89. The average Bonchev–Trinajstić information content (AvgIpc) is 2.31.